The minimum Gasteiger partial charge on any atom is -0.451 e. The number of carbonyl (C=O) groups is 1. The average Bonchev–Trinajstić information content (AvgIpc) is 3.15. The number of fused-ring (bicyclic) bond motifs is 2. The normalized spacial score (nSPS) is 11.6. The van der Waals surface area contributed by atoms with Crippen molar-refractivity contribution in [2.24, 2.45) is 0 Å². The first-order chi connectivity index (χ1) is 16.3. The SMILES string of the molecule is Cc1c(C(=O)Nc2cccc(Nc3cc(C(F)(F)F)nc4ccccc34)c2)oc2ccccc12. The molecule has 5 rings (SSSR count). The number of aryl methyl sites for hydroxylation is 1. The lowest BCUT2D eigenvalue weighted by molar-refractivity contribution is -0.140. The van der Waals surface area contributed by atoms with E-state index in [9.17, 15) is 18.0 Å². The standard InChI is InChI=1S/C26H18F3N3O2/c1-15-18-9-3-5-12-22(18)34-24(15)25(33)31-17-8-6-7-16(13-17)30-21-14-23(26(27,28)29)32-20-11-4-2-10-19(20)21/h2-14H,1H3,(H,30,32)(H,31,33). The largest absolute Gasteiger partial charge is 0.451 e. The minimum atomic E-state index is -4.58. The van der Waals surface area contributed by atoms with Gasteiger partial charge in [-0.1, -0.05) is 42.5 Å². The van der Waals surface area contributed by atoms with Gasteiger partial charge in [-0.3, -0.25) is 4.79 Å². The van der Waals surface area contributed by atoms with Crippen LogP contribution in [0, 0.1) is 6.92 Å². The van der Waals surface area contributed by atoms with Crippen LogP contribution in [0.2, 0.25) is 0 Å². The maximum absolute atomic E-state index is 13.4. The first-order valence-electron chi connectivity index (χ1n) is 10.4. The van der Waals surface area contributed by atoms with Gasteiger partial charge in [-0.15, -0.1) is 0 Å². The fraction of sp³-hybridized carbons (Fsp3) is 0.0769. The average molecular weight is 461 g/mol. The summed E-state index contributed by atoms with van der Waals surface area (Å²) in [6.45, 7) is 1.81. The first kappa shape index (κ1) is 21.5. The molecule has 0 spiro atoms. The van der Waals surface area contributed by atoms with Crippen molar-refractivity contribution < 1.29 is 22.4 Å². The number of aromatic nitrogens is 1. The smallest absolute Gasteiger partial charge is 0.433 e. The molecule has 0 aliphatic heterocycles. The lowest BCUT2D eigenvalue weighted by Gasteiger charge is -2.14. The van der Waals surface area contributed by atoms with Crippen LogP contribution >= 0.6 is 0 Å². The number of rotatable bonds is 4. The molecular weight excluding hydrogens is 443 g/mol. The predicted octanol–water partition coefficient (Wildman–Crippen LogP) is 7.30. The van der Waals surface area contributed by atoms with E-state index in [1.54, 1.807) is 48.5 Å². The highest BCUT2D eigenvalue weighted by atomic mass is 19.4. The number of para-hydroxylation sites is 2. The molecule has 0 aliphatic carbocycles. The Kier molecular flexibility index (Phi) is 5.20. The number of hydrogen-bond acceptors (Lipinski definition) is 4. The number of benzene rings is 3. The van der Waals surface area contributed by atoms with Crippen LogP contribution in [0.4, 0.5) is 30.2 Å². The van der Waals surface area contributed by atoms with Crippen LogP contribution in [0.5, 0.6) is 0 Å². The van der Waals surface area contributed by atoms with Crippen molar-refractivity contribution in [1.29, 1.82) is 0 Å². The van der Waals surface area contributed by atoms with Crippen molar-refractivity contribution >= 4 is 44.8 Å². The monoisotopic (exact) mass is 461 g/mol. The first-order valence-corrected chi connectivity index (χ1v) is 10.4. The summed E-state index contributed by atoms with van der Waals surface area (Å²) in [5.41, 5.74) is 1.81. The van der Waals surface area contributed by atoms with Crippen molar-refractivity contribution in [3.05, 3.63) is 95.9 Å². The molecule has 2 heterocycles. The van der Waals surface area contributed by atoms with Gasteiger partial charge in [0, 0.05) is 27.7 Å². The fourth-order valence-electron chi connectivity index (χ4n) is 3.83. The predicted molar refractivity (Wildman–Crippen MR) is 125 cm³/mol. The Balaban J connectivity index is 1.44. The number of halogens is 3. The Morgan fingerprint density at radius 2 is 1.59 bits per heavy atom. The maximum atomic E-state index is 13.4. The summed E-state index contributed by atoms with van der Waals surface area (Å²) in [5, 5.41) is 7.22. The number of amides is 1. The second kappa shape index (κ2) is 8.22. The zero-order valence-electron chi connectivity index (χ0n) is 17.9. The molecule has 0 radical (unpaired) electrons. The lowest BCUT2D eigenvalue weighted by Crippen LogP contribution is -2.12. The van der Waals surface area contributed by atoms with E-state index in [2.05, 4.69) is 15.6 Å². The molecule has 0 atom stereocenters. The van der Waals surface area contributed by atoms with Gasteiger partial charge < -0.3 is 15.1 Å². The topological polar surface area (TPSA) is 67.2 Å². The third-order valence-corrected chi connectivity index (χ3v) is 5.46. The van der Waals surface area contributed by atoms with E-state index in [-0.39, 0.29) is 17.0 Å². The molecule has 2 aromatic heterocycles. The van der Waals surface area contributed by atoms with E-state index >= 15 is 0 Å². The molecule has 5 aromatic rings. The minimum absolute atomic E-state index is 0.203. The number of nitrogens with one attached hydrogen (secondary N) is 2. The highest BCUT2D eigenvalue weighted by Gasteiger charge is 2.33. The lowest BCUT2D eigenvalue weighted by atomic mass is 10.1. The van der Waals surface area contributed by atoms with Crippen molar-refractivity contribution in [2.75, 3.05) is 10.6 Å². The quantitative estimate of drug-likeness (QED) is 0.295. The molecule has 170 valence electrons. The van der Waals surface area contributed by atoms with E-state index in [1.165, 1.54) is 6.07 Å². The van der Waals surface area contributed by atoms with Crippen LogP contribution in [0.15, 0.2) is 83.3 Å². The van der Waals surface area contributed by atoms with Crippen LogP contribution in [-0.4, -0.2) is 10.9 Å². The summed E-state index contributed by atoms with van der Waals surface area (Å²) >= 11 is 0. The van der Waals surface area contributed by atoms with E-state index < -0.39 is 17.8 Å². The van der Waals surface area contributed by atoms with E-state index in [4.69, 9.17) is 4.42 Å². The second-order valence-electron chi connectivity index (χ2n) is 7.78. The highest BCUT2D eigenvalue weighted by Crippen LogP contribution is 2.34. The molecule has 5 nitrogen and oxygen atoms in total. The van der Waals surface area contributed by atoms with Crippen LogP contribution in [0.25, 0.3) is 21.9 Å². The number of pyridine rings is 1. The Hall–Kier alpha value is -4.33. The van der Waals surface area contributed by atoms with Gasteiger partial charge in [0.15, 0.2) is 5.76 Å². The van der Waals surface area contributed by atoms with Gasteiger partial charge in [0.25, 0.3) is 5.91 Å². The summed E-state index contributed by atoms with van der Waals surface area (Å²) in [4.78, 5) is 16.6. The third kappa shape index (κ3) is 4.05. The zero-order valence-corrected chi connectivity index (χ0v) is 17.9. The van der Waals surface area contributed by atoms with Gasteiger partial charge >= 0.3 is 6.18 Å². The van der Waals surface area contributed by atoms with E-state index in [0.29, 0.717) is 22.3 Å². The molecule has 0 saturated heterocycles. The van der Waals surface area contributed by atoms with Crippen molar-refractivity contribution in [3.63, 3.8) is 0 Å². The summed E-state index contributed by atoms with van der Waals surface area (Å²) in [7, 11) is 0. The highest BCUT2D eigenvalue weighted by molar-refractivity contribution is 6.06. The number of carbonyl (C=O) groups excluding carboxylic acids is 1. The van der Waals surface area contributed by atoms with Crippen molar-refractivity contribution in [2.45, 2.75) is 13.1 Å². The third-order valence-electron chi connectivity index (χ3n) is 5.46. The van der Waals surface area contributed by atoms with Gasteiger partial charge in [0.2, 0.25) is 0 Å². The molecule has 0 unspecified atom stereocenters. The van der Waals surface area contributed by atoms with Crippen LogP contribution in [0.3, 0.4) is 0 Å². The number of hydrogen-bond donors (Lipinski definition) is 2. The summed E-state index contributed by atoms with van der Waals surface area (Å²) in [5.74, 6) is -0.214. The molecule has 0 fully saturated rings. The maximum Gasteiger partial charge on any atom is 0.433 e. The summed E-state index contributed by atoms with van der Waals surface area (Å²) in [6, 6.07) is 21.6. The molecule has 34 heavy (non-hydrogen) atoms. The molecule has 0 saturated carbocycles. The Bertz CT molecular complexity index is 1540. The number of anilines is 3. The van der Waals surface area contributed by atoms with Crippen molar-refractivity contribution in [1.82, 2.24) is 4.98 Å². The molecule has 0 bridgehead atoms. The van der Waals surface area contributed by atoms with Crippen LogP contribution in [-0.2, 0) is 6.18 Å². The molecule has 8 heteroatoms. The van der Waals surface area contributed by atoms with Gasteiger partial charge in [-0.05, 0) is 43.3 Å². The molecule has 1 amide bonds. The van der Waals surface area contributed by atoms with E-state index in [1.807, 2.05) is 25.1 Å². The summed E-state index contributed by atoms with van der Waals surface area (Å²) < 4.78 is 45.8. The molecule has 3 aromatic carbocycles. The Morgan fingerprint density at radius 3 is 2.35 bits per heavy atom. The molecule has 2 N–H and O–H groups in total. The van der Waals surface area contributed by atoms with Crippen LogP contribution < -0.4 is 10.6 Å². The molecule has 0 aliphatic rings. The summed E-state index contributed by atoms with van der Waals surface area (Å²) in [6.07, 6.45) is -4.58. The van der Waals surface area contributed by atoms with Crippen molar-refractivity contribution in [3.8, 4) is 0 Å². The number of furan rings is 1. The van der Waals surface area contributed by atoms with Gasteiger partial charge in [-0.2, -0.15) is 13.2 Å². The fourth-order valence-corrected chi connectivity index (χ4v) is 3.83. The number of alkyl halides is 3. The van der Waals surface area contributed by atoms with Gasteiger partial charge in [0.1, 0.15) is 11.3 Å². The number of nitrogens with zero attached hydrogens (tertiary/aromatic N) is 1. The van der Waals surface area contributed by atoms with E-state index in [0.717, 1.165) is 17.0 Å². The van der Waals surface area contributed by atoms with Crippen LogP contribution in [0.1, 0.15) is 21.8 Å². The Morgan fingerprint density at radius 1 is 0.882 bits per heavy atom. The zero-order chi connectivity index (χ0) is 23.9. The second-order valence-corrected chi connectivity index (χ2v) is 7.78. The Labute approximate surface area is 192 Å². The molecular formula is C26H18F3N3O2. The van der Waals surface area contributed by atoms with Gasteiger partial charge in [0.05, 0.1) is 11.2 Å². The van der Waals surface area contributed by atoms with Gasteiger partial charge in [-0.25, -0.2) is 4.98 Å².